The van der Waals surface area contributed by atoms with Crippen molar-refractivity contribution in [2.24, 2.45) is 0 Å². The van der Waals surface area contributed by atoms with Crippen LogP contribution in [0.15, 0.2) is 140 Å². The monoisotopic (exact) mass is 775 g/mol. The van der Waals surface area contributed by atoms with E-state index in [-0.39, 0.29) is 0 Å². The second kappa shape index (κ2) is 9.01. The number of aromatic nitrogens is 5. The summed E-state index contributed by atoms with van der Waals surface area (Å²) in [6.45, 7) is 4.41. The van der Waals surface area contributed by atoms with Crippen LogP contribution >= 0.6 is 0 Å². The molecule has 0 N–H and O–H groups in total. The minimum absolute atomic E-state index is 0.446. The molecule has 0 saturated heterocycles. The van der Waals surface area contributed by atoms with Crippen LogP contribution in [0, 0.1) is 13.8 Å². The fourth-order valence-corrected chi connectivity index (χ4v) is 14.8. The Morgan fingerprint density at radius 2 is 1.25 bits per heavy atom. The molecule has 0 fully saturated rings. The van der Waals surface area contributed by atoms with Crippen molar-refractivity contribution in [3.05, 3.63) is 162 Å². The summed E-state index contributed by atoms with van der Waals surface area (Å²) in [7, 11) is 0. The predicted octanol–water partition coefficient (Wildman–Crippen LogP) is 7.17. The summed E-state index contributed by atoms with van der Waals surface area (Å²) in [5, 5.41) is 4.94. The first-order chi connectivity index (χ1) is 26.9. The van der Waals surface area contributed by atoms with Crippen LogP contribution in [0.2, 0.25) is 0 Å². The van der Waals surface area contributed by atoms with Crippen LogP contribution in [0.4, 0.5) is 0 Å². The van der Waals surface area contributed by atoms with Crippen molar-refractivity contribution < 1.29 is 16.9 Å². The number of nitrogens with zero attached hydrogens (tertiary/aromatic N) is 5. The molecule has 0 aliphatic carbocycles. The second-order valence-electron chi connectivity index (χ2n) is 15.4. The van der Waals surface area contributed by atoms with Gasteiger partial charge in [0.1, 0.15) is 0 Å². The van der Waals surface area contributed by atoms with E-state index in [2.05, 4.69) is 140 Å². The third kappa shape index (κ3) is 2.87. The van der Waals surface area contributed by atoms with Crippen molar-refractivity contribution >= 4 is 65.2 Å². The topological polar surface area (TPSA) is 56.7 Å². The molecule has 1 unspecified atom stereocenters. The van der Waals surface area contributed by atoms with Gasteiger partial charge >= 0.3 is 293 Å². The molecule has 0 saturated carbocycles. The van der Waals surface area contributed by atoms with Gasteiger partial charge in [-0.3, -0.25) is 0 Å². The Morgan fingerprint density at radius 3 is 2.07 bits per heavy atom. The zero-order valence-electron chi connectivity index (χ0n) is 29.7. The van der Waals surface area contributed by atoms with Crippen LogP contribution in [0.1, 0.15) is 22.5 Å². The molecule has 4 aliphatic heterocycles. The van der Waals surface area contributed by atoms with Crippen molar-refractivity contribution in [3.63, 3.8) is 0 Å². The van der Waals surface area contributed by atoms with E-state index < -0.39 is 18.4 Å². The SMILES string of the molecule is Cc1c(-c2ccc3c(c2)[Se](=O)(=O)c2ccccc2-3)c(C)[n+]2n1-c1cccc3c1C21c2c4c(cc5c6ccccc6n(c25)-c2cccc[n+]21)c1ccccc1n4-3. The maximum atomic E-state index is 14.1. The van der Waals surface area contributed by atoms with E-state index in [0.29, 0.717) is 8.92 Å². The molecule has 7 nitrogen and oxygen atoms in total. The molecule has 0 radical (unpaired) electrons. The molecule has 4 aromatic heterocycles. The summed E-state index contributed by atoms with van der Waals surface area (Å²) in [5.41, 5.74) is 14.5. The van der Waals surface area contributed by atoms with E-state index in [1.807, 2.05) is 30.3 Å². The fourth-order valence-electron chi connectivity index (χ4n) is 11.2. The van der Waals surface area contributed by atoms with Crippen molar-refractivity contribution in [1.29, 1.82) is 0 Å². The molecule has 1 atom stereocenters. The Bertz CT molecular complexity index is 3620. The van der Waals surface area contributed by atoms with Gasteiger partial charge in [0.15, 0.2) is 0 Å². The van der Waals surface area contributed by atoms with Crippen molar-refractivity contribution in [2.75, 3.05) is 0 Å². The van der Waals surface area contributed by atoms with Gasteiger partial charge in [0.25, 0.3) is 0 Å². The number of rotatable bonds is 1. The molecule has 10 aromatic rings. The van der Waals surface area contributed by atoms with Gasteiger partial charge in [-0.25, -0.2) is 0 Å². The van der Waals surface area contributed by atoms with Crippen LogP contribution in [-0.2, 0) is 13.3 Å². The Kier molecular flexibility index (Phi) is 4.73. The van der Waals surface area contributed by atoms with Gasteiger partial charge in [-0.05, 0) is 0 Å². The molecule has 8 heterocycles. The third-order valence-corrected chi connectivity index (χ3v) is 17.0. The van der Waals surface area contributed by atoms with Crippen molar-refractivity contribution in [3.8, 4) is 39.4 Å². The normalized spacial score (nSPS) is 17.3. The summed E-state index contributed by atoms with van der Waals surface area (Å²) in [5.74, 6) is 1.09. The van der Waals surface area contributed by atoms with E-state index in [1.165, 1.54) is 60.4 Å². The Balaban J connectivity index is 1.20. The zero-order chi connectivity index (χ0) is 36.3. The summed E-state index contributed by atoms with van der Waals surface area (Å²) in [6.07, 6.45) is 2.25. The van der Waals surface area contributed by atoms with Crippen LogP contribution in [0.3, 0.4) is 0 Å². The van der Waals surface area contributed by atoms with E-state index in [0.717, 1.165) is 45.1 Å². The third-order valence-electron chi connectivity index (χ3n) is 13.1. The fraction of sp³-hybridized carbons (Fsp3) is 0.0638. The first-order valence-electron chi connectivity index (χ1n) is 18.7. The van der Waals surface area contributed by atoms with Crippen molar-refractivity contribution in [2.45, 2.75) is 19.5 Å². The Labute approximate surface area is 315 Å². The van der Waals surface area contributed by atoms with Crippen LogP contribution in [-0.4, -0.2) is 26.5 Å². The average Bonchev–Trinajstić information content (AvgIpc) is 3.96. The molecule has 55 heavy (non-hydrogen) atoms. The zero-order valence-corrected chi connectivity index (χ0v) is 31.5. The summed E-state index contributed by atoms with van der Waals surface area (Å²) < 4.78 is 41.4. The average molecular weight is 775 g/mol. The van der Waals surface area contributed by atoms with Gasteiger partial charge < -0.3 is 0 Å². The van der Waals surface area contributed by atoms with Gasteiger partial charge in [-0.2, -0.15) is 0 Å². The standard InChI is InChI=1S/C47H29N5O2Se/c1-26-42(28-21-22-32-31-14-5-8-19-39(31)55(53,54)40(32)24-28)27(2)52-47-43-37(17-11-18-38(43)51(26)52)49-35-15-6-3-12-29(35)33-25-34-30-13-4-7-16-36(30)50(46(34)44(47)45(33)49)41-20-9-10-23-48(41)47/h3-25H,1-2H3/q+2. The van der Waals surface area contributed by atoms with Crippen molar-refractivity contribution in [1.82, 2.24) is 13.8 Å². The molecule has 0 bridgehead atoms. The number of fused-ring (bicyclic) bond motifs is 14. The molecule has 8 heteroatoms. The number of para-hydroxylation sites is 2. The first kappa shape index (κ1) is 28.8. The second-order valence-corrected chi connectivity index (χ2v) is 19.4. The molecular formula is C47H29N5O2Se+2. The van der Waals surface area contributed by atoms with Gasteiger partial charge in [0.2, 0.25) is 0 Å². The van der Waals surface area contributed by atoms with Crippen LogP contribution < -0.4 is 18.2 Å². The predicted molar refractivity (Wildman–Crippen MR) is 213 cm³/mol. The number of pyridine rings is 1. The first-order valence-corrected chi connectivity index (χ1v) is 21.8. The molecule has 0 amide bonds. The molecule has 1 spiro atoms. The van der Waals surface area contributed by atoms with Crippen LogP contribution in [0.25, 0.3) is 83.1 Å². The van der Waals surface area contributed by atoms with E-state index in [1.54, 1.807) is 6.07 Å². The summed E-state index contributed by atoms with van der Waals surface area (Å²) >= 11 is -4.60. The summed E-state index contributed by atoms with van der Waals surface area (Å²) in [4.78, 5) is 0. The molecule has 4 aliphatic rings. The Morgan fingerprint density at radius 1 is 0.582 bits per heavy atom. The van der Waals surface area contributed by atoms with E-state index in [4.69, 9.17) is 0 Å². The molecular weight excluding hydrogens is 746 g/mol. The van der Waals surface area contributed by atoms with Gasteiger partial charge in [-0.1, -0.05) is 24.3 Å². The quantitative estimate of drug-likeness (QED) is 0.131. The Hall–Kier alpha value is -6.60. The maximum absolute atomic E-state index is 14.1. The summed E-state index contributed by atoms with van der Waals surface area (Å²) in [6, 6.07) is 46.8. The van der Waals surface area contributed by atoms with Gasteiger partial charge in [0.05, 0.1) is 0 Å². The molecule has 14 rings (SSSR count). The number of benzene rings is 6. The molecule has 258 valence electrons. The molecule has 6 aromatic carbocycles. The number of hydrogen-bond acceptors (Lipinski definition) is 2. The van der Waals surface area contributed by atoms with E-state index in [9.17, 15) is 7.67 Å². The number of hydrogen-bond donors (Lipinski definition) is 0. The van der Waals surface area contributed by atoms with Gasteiger partial charge in [-0.15, -0.1) is 0 Å². The van der Waals surface area contributed by atoms with E-state index >= 15 is 0 Å². The minimum atomic E-state index is -4.60. The van der Waals surface area contributed by atoms with Gasteiger partial charge in [0, 0.05) is 0 Å². The van der Waals surface area contributed by atoms with Crippen LogP contribution in [0.5, 0.6) is 0 Å².